The van der Waals surface area contributed by atoms with Gasteiger partial charge in [-0.25, -0.2) is 4.98 Å². The molecule has 8 heteroatoms. The van der Waals surface area contributed by atoms with Crippen LogP contribution in [-0.2, 0) is 10.5 Å². The standard InChI is InChI=1S/C16H18F2N2O2S2/c1-10(12-4-3-5-14(6-12)22-16(17)18)19-15(21)9-23-7-13-8-24-11(2)20-13/h3-6,8,10,16H,7,9H2,1-2H3,(H,19,21). The summed E-state index contributed by atoms with van der Waals surface area (Å²) in [6.07, 6.45) is 0. The first-order valence-corrected chi connectivity index (χ1v) is 9.30. The van der Waals surface area contributed by atoms with Crippen LogP contribution in [0.2, 0.25) is 0 Å². The third-order valence-corrected chi connectivity index (χ3v) is 4.90. The molecule has 0 aliphatic rings. The molecule has 0 fully saturated rings. The lowest BCUT2D eigenvalue weighted by Gasteiger charge is -2.15. The van der Waals surface area contributed by atoms with E-state index in [1.807, 2.05) is 12.3 Å². The molecule has 0 saturated carbocycles. The van der Waals surface area contributed by atoms with E-state index >= 15 is 0 Å². The van der Waals surface area contributed by atoms with Gasteiger partial charge in [0, 0.05) is 11.1 Å². The van der Waals surface area contributed by atoms with Gasteiger partial charge in [-0.1, -0.05) is 12.1 Å². The highest BCUT2D eigenvalue weighted by Gasteiger charge is 2.12. The third kappa shape index (κ3) is 6.09. The van der Waals surface area contributed by atoms with Crippen LogP contribution in [0, 0.1) is 6.92 Å². The molecule has 1 atom stereocenters. The first-order chi connectivity index (χ1) is 11.4. The number of nitrogens with zero attached hydrogens (tertiary/aromatic N) is 1. The van der Waals surface area contributed by atoms with Gasteiger partial charge in [-0.2, -0.15) is 8.78 Å². The quantitative estimate of drug-likeness (QED) is 0.756. The van der Waals surface area contributed by atoms with Crippen LogP contribution in [0.3, 0.4) is 0 Å². The van der Waals surface area contributed by atoms with Gasteiger partial charge in [0.25, 0.3) is 0 Å². The lowest BCUT2D eigenvalue weighted by atomic mass is 10.1. The van der Waals surface area contributed by atoms with E-state index < -0.39 is 6.61 Å². The second-order valence-corrected chi connectivity index (χ2v) is 7.14. The van der Waals surface area contributed by atoms with Crippen molar-refractivity contribution in [2.75, 3.05) is 5.75 Å². The zero-order chi connectivity index (χ0) is 17.5. The molecule has 2 aromatic rings. The fourth-order valence-electron chi connectivity index (χ4n) is 2.05. The average Bonchev–Trinajstić information content (AvgIpc) is 2.92. The van der Waals surface area contributed by atoms with Crippen LogP contribution in [0.25, 0.3) is 0 Å². The van der Waals surface area contributed by atoms with Gasteiger partial charge in [-0.3, -0.25) is 4.79 Å². The topological polar surface area (TPSA) is 51.2 Å². The number of nitrogens with one attached hydrogen (secondary N) is 1. The Morgan fingerprint density at radius 1 is 1.46 bits per heavy atom. The Balaban J connectivity index is 1.80. The molecule has 24 heavy (non-hydrogen) atoms. The first kappa shape index (κ1) is 18.7. The molecule has 130 valence electrons. The van der Waals surface area contributed by atoms with Gasteiger partial charge < -0.3 is 10.1 Å². The highest BCUT2D eigenvalue weighted by atomic mass is 32.2. The summed E-state index contributed by atoms with van der Waals surface area (Å²) in [4.78, 5) is 16.3. The molecule has 0 aliphatic heterocycles. The third-order valence-electron chi connectivity index (χ3n) is 3.11. The van der Waals surface area contributed by atoms with Crippen molar-refractivity contribution in [3.63, 3.8) is 0 Å². The van der Waals surface area contributed by atoms with E-state index in [0.717, 1.165) is 10.7 Å². The number of benzene rings is 1. The maximum atomic E-state index is 12.2. The molecule has 4 nitrogen and oxygen atoms in total. The number of thioether (sulfide) groups is 1. The van der Waals surface area contributed by atoms with Crippen LogP contribution in [0.4, 0.5) is 8.78 Å². The average molecular weight is 372 g/mol. The number of thiazole rings is 1. The van der Waals surface area contributed by atoms with E-state index in [2.05, 4.69) is 15.0 Å². The molecule has 1 N–H and O–H groups in total. The number of rotatable bonds is 8. The smallest absolute Gasteiger partial charge is 0.387 e. The van der Waals surface area contributed by atoms with Crippen molar-refractivity contribution in [1.82, 2.24) is 10.3 Å². The number of carbonyl (C=O) groups excluding carboxylic acids is 1. The van der Waals surface area contributed by atoms with E-state index in [4.69, 9.17) is 0 Å². The Kier molecular flexibility index (Phi) is 6.99. The fraction of sp³-hybridized carbons (Fsp3) is 0.375. The molecule has 0 spiro atoms. The SMILES string of the molecule is Cc1nc(CSCC(=O)NC(C)c2cccc(OC(F)F)c2)cs1. The van der Waals surface area contributed by atoms with Crippen molar-refractivity contribution in [3.05, 3.63) is 45.9 Å². The minimum absolute atomic E-state index is 0.0804. The zero-order valence-electron chi connectivity index (χ0n) is 13.3. The molecule has 1 aromatic heterocycles. The highest BCUT2D eigenvalue weighted by molar-refractivity contribution is 7.99. The number of carbonyl (C=O) groups is 1. The van der Waals surface area contributed by atoms with Crippen molar-refractivity contribution < 1.29 is 18.3 Å². The summed E-state index contributed by atoms with van der Waals surface area (Å²) in [7, 11) is 0. The first-order valence-electron chi connectivity index (χ1n) is 7.27. The Labute approximate surface area is 147 Å². The molecule has 2 rings (SSSR count). The predicted molar refractivity (Wildman–Crippen MR) is 92.6 cm³/mol. The van der Waals surface area contributed by atoms with Gasteiger partial charge in [0.15, 0.2) is 0 Å². The Hall–Kier alpha value is -1.67. The second kappa shape index (κ2) is 8.98. The van der Waals surface area contributed by atoms with Gasteiger partial charge in [-0.05, 0) is 31.5 Å². The number of alkyl halides is 2. The number of amides is 1. The fourth-order valence-corrected chi connectivity index (χ4v) is 3.50. The number of halogens is 2. The normalized spacial score (nSPS) is 12.2. The Bertz CT molecular complexity index is 680. The van der Waals surface area contributed by atoms with E-state index in [1.54, 1.807) is 30.4 Å². The van der Waals surface area contributed by atoms with Crippen LogP contribution < -0.4 is 10.1 Å². The van der Waals surface area contributed by atoms with Crippen molar-refractivity contribution in [3.8, 4) is 5.75 Å². The maximum Gasteiger partial charge on any atom is 0.387 e. The Morgan fingerprint density at radius 3 is 2.92 bits per heavy atom. The minimum atomic E-state index is -2.86. The molecule has 0 bridgehead atoms. The molecule has 1 unspecified atom stereocenters. The number of aromatic nitrogens is 1. The van der Waals surface area contributed by atoms with E-state index in [9.17, 15) is 13.6 Å². The van der Waals surface area contributed by atoms with Crippen LogP contribution in [0.15, 0.2) is 29.6 Å². The summed E-state index contributed by atoms with van der Waals surface area (Å²) >= 11 is 3.07. The molecular formula is C16H18F2N2O2S2. The van der Waals surface area contributed by atoms with Crippen molar-refractivity contribution >= 4 is 29.0 Å². The molecule has 0 aliphatic carbocycles. The van der Waals surface area contributed by atoms with Gasteiger partial charge in [0.2, 0.25) is 5.91 Å². The van der Waals surface area contributed by atoms with Crippen molar-refractivity contribution in [2.24, 2.45) is 0 Å². The summed E-state index contributed by atoms with van der Waals surface area (Å²) in [6.45, 7) is 0.878. The van der Waals surface area contributed by atoms with E-state index in [-0.39, 0.29) is 17.7 Å². The monoisotopic (exact) mass is 372 g/mol. The number of aryl methyl sites for hydroxylation is 1. The molecule has 1 heterocycles. The van der Waals surface area contributed by atoms with Gasteiger partial charge in [0.05, 0.1) is 22.5 Å². The van der Waals surface area contributed by atoms with Crippen LogP contribution in [-0.4, -0.2) is 23.3 Å². The van der Waals surface area contributed by atoms with Crippen molar-refractivity contribution in [2.45, 2.75) is 32.3 Å². The molecule has 0 saturated heterocycles. The van der Waals surface area contributed by atoms with Crippen LogP contribution in [0.5, 0.6) is 5.75 Å². The number of hydrogen-bond donors (Lipinski definition) is 1. The zero-order valence-corrected chi connectivity index (χ0v) is 14.9. The molecule has 1 aromatic carbocycles. The van der Waals surface area contributed by atoms with Crippen molar-refractivity contribution in [1.29, 1.82) is 0 Å². The second-order valence-electron chi connectivity index (χ2n) is 5.09. The minimum Gasteiger partial charge on any atom is -0.435 e. The predicted octanol–water partition coefficient (Wildman–Crippen LogP) is 4.16. The highest BCUT2D eigenvalue weighted by Crippen LogP contribution is 2.21. The molecule has 1 amide bonds. The lowest BCUT2D eigenvalue weighted by molar-refractivity contribution is -0.119. The number of hydrogen-bond acceptors (Lipinski definition) is 5. The summed E-state index contributed by atoms with van der Waals surface area (Å²) in [5, 5.41) is 5.84. The van der Waals surface area contributed by atoms with Gasteiger partial charge >= 0.3 is 6.61 Å². The van der Waals surface area contributed by atoms with E-state index in [0.29, 0.717) is 17.1 Å². The largest absolute Gasteiger partial charge is 0.435 e. The molecular weight excluding hydrogens is 354 g/mol. The maximum absolute atomic E-state index is 12.2. The summed E-state index contributed by atoms with van der Waals surface area (Å²) in [5.41, 5.74) is 1.68. The summed E-state index contributed by atoms with van der Waals surface area (Å²) in [5.74, 6) is 0.967. The Morgan fingerprint density at radius 2 is 2.25 bits per heavy atom. The number of ether oxygens (including phenoxy) is 1. The summed E-state index contributed by atoms with van der Waals surface area (Å²) < 4.78 is 28.9. The van der Waals surface area contributed by atoms with Gasteiger partial charge in [-0.15, -0.1) is 23.1 Å². The van der Waals surface area contributed by atoms with E-state index in [1.165, 1.54) is 23.9 Å². The van der Waals surface area contributed by atoms with Crippen LogP contribution in [0.1, 0.15) is 29.2 Å². The van der Waals surface area contributed by atoms with Crippen LogP contribution >= 0.6 is 23.1 Å². The summed E-state index contributed by atoms with van der Waals surface area (Å²) in [6, 6.07) is 6.04. The lowest BCUT2D eigenvalue weighted by Crippen LogP contribution is -2.28. The van der Waals surface area contributed by atoms with Gasteiger partial charge in [0.1, 0.15) is 5.75 Å². The molecule has 0 radical (unpaired) electrons.